The van der Waals surface area contributed by atoms with Crippen molar-refractivity contribution in [3.8, 4) is 0 Å². The molecule has 23 heavy (non-hydrogen) atoms. The van der Waals surface area contributed by atoms with Gasteiger partial charge in [0.25, 0.3) is 0 Å². The van der Waals surface area contributed by atoms with E-state index in [9.17, 15) is 4.79 Å². The van der Waals surface area contributed by atoms with Crippen molar-refractivity contribution in [2.45, 2.75) is 78.6 Å². The lowest BCUT2D eigenvalue weighted by molar-refractivity contribution is -0.119. The number of nitrogens with one attached hydrogen (secondary N) is 2. The lowest BCUT2D eigenvalue weighted by Crippen LogP contribution is -2.43. The average Bonchev–Trinajstić information content (AvgIpc) is 2.79. The number of H-pyrrole nitrogens is 1. The first-order valence-corrected chi connectivity index (χ1v) is 8.94. The van der Waals surface area contributed by atoms with E-state index >= 15 is 0 Å². The molecule has 2 N–H and O–H groups in total. The summed E-state index contributed by atoms with van der Waals surface area (Å²) in [7, 11) is 0. The topological polar surface area (TPSA) is 57.8 Å². The zero-order valence-corrected chi connectivity index (χ0v) is 15.1. The third-order valence-corrected chi connectivity index (χ3v) is 5.40. The molecule has 4 heteroatoms. The molecule has 3 rings (SSSR count). The van der Waals surface area contributed by atoms with Crippen molar-refractivity contribution in [3.63, 3.8) is 0 Å². The Morgan fingerprint density at radius 3 is 2.39 bits per heavy atom. The Kier molecular flexibility index (Phi) is 3.89. The highest BCUT2D eigenvalue weighted by atomic mass is 16.1. The van der Waals surface area contributed by atoms with Crippen LogP contribution >= 0.6 is 0 Å². The maximum Gasteiger partial charge on any atom is 0.162 e. The number of nitrogens with zero attached hydrogens (tertiary/aromatic N) is 1. The van der Waals surface area contributed by atoms with Gasteiger partial charge in [-0.2, -0.15) is 5.10 Å². The fourth-order valence-corrected chi connectivity index (χ4v) is 4.83. The smallest absolute Gasteiger partial charge is 0.162 e. The van der Waals surface area contributed by atoms with Crippen LogP contribution in [0.15, 0.2) is 11.3 Å². The molecular weight excluding hydrogens is 286 g/mol. The van der Waals surface area contributed by atoms with E-state index in [0.717, 1.165) is 54.9 Å². The number of rotatable bonds is 4. The minimum absolute atomic E-state index is 0.0238. The number of aryl methyl sites for hydroxylation is 1. The average molecular weight is 315 g/mol. The van der Waals surface area contributed by atoms with Crippen LogP contribution in [-0.4, -0.2) is 16.0 Å². The molecule has 0 saturated carbocycles. The van der Waals surface area contributed by atoms with Gasteiger partial charge in [-0.15, -0.1) is 0 Å². The van der Waals surface area contributed by atoms with Crippen molar-refractivity contribution in [1.29, 1.82) is 0 Å². The molecule has 0 aromatic carbocycles. The highest BCUT2D eigenvalue weighted by molar-refractivity contribution is 6.02. The number of anilines is 1. The Morgan fingerprint density at radius 1 is 1.13 bits per heavy atom. The first kappa shape index (κ1) is 16.3. The molecule has 0 spiro atoms. The number of allylic oxidation sites excluding steroid dienone is 2. The van der Waals surface area contributed by atoms with Gasteiger partial charge in [0.1, 0.15) is 0 Å². The molecule has 0 saturated heterocycles. The van der Waals surface area contributed by atoms with Gasteiger partial charge >= 0.3 is 0 Å². The molecule has 126 valence electrons. The van der Waals surface area contributed by atoms with Crippen molar-refractivity contribution in [1.82, 2.24) is 10.2 Å². The second-order valence-corrected chi connectivity index (χ2v) is 8.07. The van der Waals surface area contributed by atoms with Crippen LogP contribution in [0.2, 0.25) is 0 Å². The standard InChI is InChI=1S/C19H29N3O/c1-6-8-19(9-7-2)15-12(3)21-22-17(15)20-13-10-18(4,5)11-14(23)16(13)19/h6-11H2,1-5H3,(H2,20,21,22). The van der Waals surface area contributed by atoms with Gasteiger partial charge in [0.15, 0.2) is 11.6 Å². The molecule has 0 fully saturated rings. The van der Waals surface area contributed by atoms with Crippen LogP contribution in [0, 0.1) is 12.3 Å². The molecular formula is C19H29N3O. The molecule has 1 aromatic rings. The summed E-state index contributed by atoms with van der Waals surface area (Å²) in [5.74, 6) is 1.27. The van der Waals surface area contributed by atoms with E-state index < -0.39 is 0 Å². The van der Waals surface area contributed by atoms with Crippen LogP contribution in [-0.2, 0) is 10.2 Å². The van der Waals surface area contributed by atoms with E-state index in [2.05, 4.69) is 50.1 Å². The second-order valence-electron chi connectivity index (χ2n) is 8.07. The molecule has 0 radical (unpaired) electrons. The minimum atomic E-state index is -0.163. The Hall–Kier alpha value is -1.58. The van der Waals surface area contributed by atoms with Gasteiger partial charge in [-0.1, -0.05) is 40.5 Å². The van der Waals surface area contributed by atoms with Crippen LogP contribution < -0.4 is 5.32 Å². The first-order valence-electron chi connectivity index (χ1n) is 8.94. The highest BCUT2D eigenvalue weighted by Gasteiger charge is 2.49. The molecule has 1 aliphatic heterocycles. The number of ketones is 1. The summed E-state index contributed by atoms with van der Waals surface area (Å²) in [6.07, 6.45) is 5.74. The minimum Gasteiger partial charge on any atom is -0.342 e. The van der Waals surface area contributed by atoms with Gasteiger partial charge in [-0.3, -0.25) is 9.89 Å². The number of carbonyl (C=O) groups is 1. The van der Waals surface area contributed by atoms with Crippen molar-refractivity contribution in [2.24, 2.45) is 5.41 Å². The second kappa shape index (κ2) is 5.50. The van der Waals surface area contributed by atoms with Gasteiger partial charge in [0, 0.05) is 34.4 Å². The van der Waals surface area contributed by atoms with Gasteiger partial charge in [-0.05, 0) is 31.6 Å². The summed E-state index contributed by atoms with van der Waals surface area (Å²) in [6.45, 7) is 10.9. The molecule has 2 heterocycles. The van der Waals surface area contributed by atoms with E-state index in [1.54, 1.807) is 0 Å². The van der Waals surface area contributed by atoms with Crippen LogP contribution in [0.1, 0.15) is 77.5 Å². The predicted octanol–water partition coefficient (Wildman–Crippen LogP) is 4.62. The number of hydrogen-bond acceptors (Lipinski definition) is 3. The van der Waals surface area contributed by atoms with Crippen LogP contribution in [0.25, 0.3) is 0 Å². The lowest BCUT2D eigenvalue weighted by Gasteiger charge is -2.45. The summed E-state index contributed by atoms with van der Waals surface area (Å²) in [5, 5.41) is 11.1. The number of hydrogen-bond donors (Lipinski definition) is 2. The van der Waals surface area contributed by atoms with Crippen molar-refractivity contribution in [2.75, 3.05) is 5.32 Å². The number of carbonyl (C=O) groups excluding carboxylic acids is 1. The molecule has 1 aliphatic carbocycles. The quantitative estimate of drug-likeness (QED) is 0.852. The largest absolute Gasteiger partial charge is 0.342 e. The maximum atomic E-state index is 13.1. The Labute approximate surface area is 139 Å². The predicted molar refractivity (Wildman–Crippen MR) is 93.5 cm³/mol. The SMILES string of the molecule is CCCC1(CCC)C2=C(CC(C)(C)CC2=O)Nc2n[nH]c(C)c21. The lowest BCUT2D eigenvalue weighted by atomic mass is 9.60. The summed E-state index contributed by atoms with van der Waals surface area (Å²) in [5.41, 5.74) is 4.36. The first-order chi connectivity index (χ1) is 10.8. The Bertz CT molecular complexity index is 660. The zero-order chi connectivity index (χ0) is 16.8. The summed E-state index contributed by atoms with van der Waals surface area (Å²) < 4.78 is 0. The van der Waals surface area contributed by atoms with E-state index in [1.165, 1.54) is 5.56 Å². The fraction of sp³-hybridized carbons (Fsp3) is 0.684. The molecule has 0 bridgehead atoms. The normalized spacial score (nSPS) is 21.7. The maximum absolute atomic E-state index is 13.1. The van der Waals surface area contributed by atoms with E-state index in [0.29, 0.717) is 12.2 Å². The molecule has 0 atom stereocenters. The van der Waals surface area contributed by atoms with E-state index in [1.807, 2.05) is 0 Å². The van der Waals surface area contributed by atoms with E-state index in [4.69, 9.17) is 0 Å². The third-order valence-electron chi connectivity index (χ3n) is 5.40. The van der Waals surface area contributed by atoms with Crippen LogP contribution in [0.4, 0.5) is 5.82 Å². The number of aromatic nitrogens is 2. The Morgan fingerprint density at radius 2 is 1.78 bits per heavy atom. The van der Waals surface area contributed by atoms with Gasteiger partial charge in [-0.25, -0.2) is 0 Å². The van der Waals surface area contributed by atoms with E-state index in [-0.39, 0.29) is 10.8 Å². The highest BCUT2D eigenvalue weighted by Crippen LogP contribution is 2.53. The van der Waals surface area contributed by atoms with Crippen LogP contribution in [0.5, 0.6) is 0 Å². The molecule has 2 aliphatic rings. The number of Topliss-reactive ketones (excluding diaryl/α,β-unsaturated/α-hetero) is 1. The van der Waals surface area contributed by atoms with Crippen LogP contribution in [0.3, 0.4) is 0 Å². The molecule has 1 aromatic heterocycles. The summed E-state index contributed by atoms with van der Waals surface area (Å²) >= 11 is 0. The van der Waals surface area contributed by atoms with Gasteiger partial charge in [0.2, 0.25) is 0 Å². The fourth-order valence-electron chi connectivity index (χ4n) is 4.83. The van der Waals surface area contributed by atoms with Crippen molar-refractivity contribution < 1.29 is 4.79 Å². The summed E-state index contributed by atoms with van der Waals surface area (Å²) in [6, 6.07) is 0. The number of aromatic amines is 1. The van der Waals surface area contributed by atoms with Crippen molar-refractivity contribution in [3.05, 3.63) is 22.5 Å². The zero-order valence-electron chi connectivity index (χ0n) is 15.1. The van der Waals surface area contributed by atoms with Crippen molar-refractivity contribution >= 4 is 11.6 Å². The monoisotopic (exact) mass is 315 g/mol. The third kappa shape index (κ3) is 2.43. The molecule has 0 amide bonds. The summed E-state index contributed by atoms with van der Waals surface area (Å²) in [4.78, 5) is 13.1. The Balaban J connectivity index is 2.24. The van der Waals surface area contributed by atoms with Gasteiger partial charge < -0.3 is 5.32 Å². The van der Waals surface area contributed by atoms with Gasteiger partial charge in [0.05, 0.1) is 0 Å². The number of fused-ring (bicyclic) bond motifs is 1. The molecule has 4 nitrogen and oxygen atoms in total. The molecule has 0 unspecified atom stereocenters.